The second-order valence-electron chi connectivity index (χ2n) is 8.64. The van der Waals surface area contributed by atoms with Gasteiger partial charge in [-0.15, -0.1) is 0 Å². The van der Waals surface area contributed by atoms with E-state index in [1.165, 1.54) is 18.4 Å². The van der Waals surface area contributed by atoms with Crippen LogP contribution in [0.15, 0.2) is 29.3 Å². The van der Waals surface area contributed by atoms with Crippen LogP contribution in [0.5, 0.6) is 0 Å². The molecule has 1 spiro atoms. The summed E-state index contributed by atoms with van der Waals surface area (Å²) in [4.78, 5) is 17.2. The summed E-state index contributed by atoms with van der Waals surface area (Å²) < 4.78 is 7.93. The summed E-state index contributed by atoms with van der Waals surface area (Å²) in [5.74, 6) is 2.04. The lowest BCUT2D eigenvalue weighted by Crippen LogP contribution is -2.63. The molecular weight excluding hydrogens is 366 g/mol. The van der Waals surface area contributed by atoms with E-state index in [4.69, 9.17) is 14.7 Å². The third-order valence-corrected chi connectivity index (χ3v) is 6.84. The third kappa shape index (κ3) is 2.93. The molecule has 1 N–H and O–H groups in total. The zero-order valence-corrected chi connectivity index (χ0v) is 16.9. The molecule has 29 heavy (non-hydrogen) atoms. The van der Waals surface area contributed by atoms with Gasteiger partial charge in [-0.05, 0) is 37.8 Å². The highest BCUT2D eigenvalue weighted by Gasteiger charge is 2.46. The predicted octanol–water partition coefficient (Wildman–Crippen LogP) is 1.59. The maximum atomic E-state index is 5.47. The van der Waals surface area contributed by atoms with Gasteiger partial charge in [-0.1, -0.05) is 12.1 Å². The molecule has 1 aromatic heterocycles. The number of aromatic nitrogens is 2. The average Bonchev–Trinajstić information content (AvgIpc) is 3.39. The zero-order chi connectivity index (χ0) is 19.3. The van der Waals surface area contributed by atoms with Crippen molar-refractivity contribution in [3.8, 4) is 0 Å². The van der Waals surface area contributed by atoms with E-state index in [0.29, 0.717) is 0 Å². The van der Waals surface area contributed by atoms with Crippen molar-refractivity contribution < 1.29 is 4.74 Å². The van der Waals surface area contributed by atoms with Crippen LogP contribution in [-0.2, 0) is 10.4 Å². The van der Waals surface area contributed by atoms with Gasteiger partial charge in [0.2, 0.25) is 11.9 Å². The molecule has 3 aliphatic heterocycles. The fraction of sp³-hybridized carbons (Fsp3) is 0.619. The van der Waals surface area contributed by atoms with Gasteiger partial charge in [-0.25, -0.2) is 9.98 Å². The van der Waals surface area contributed by atoms with Gasteiger partial charge in [-0.2, -0.15) is 0 Å². The van der Waals surface area contributed by atoms with Crippen LogP contribution in [0.2, 0.25) is 0 Å². The lowest BCUT2D eigenvalue weighted by Gasteiger charge is -2.46. The number of rotatable bonds is 3. The van der Waals surface area contributed by atoms with Crippen molar-refractivity contribution in [3.63, 3.8) is 0 Å². The number of morpholine rings is 1. The Morgan fingerprint density at radius 3 is 2.69 bits per heavy atom. The number of para-hydroxylation sites is 2. The van der Waals surface area contributed by atoms with Crippen molar-refractivity contribution in [1.82, 2.24) is 24.7 Å². The molecule has 4 heterocycles. The van der Waals surface area contributed by atoms with Gasteiger partial charge in [0.05, 0.1) is 37.6 Å². The molecule has 6 rings (SSSR count). The standard InChI is InChI=1S/C21H29N7O/c1-2-6-18-17(5-1)23-20-27-16-26(10-9-25-11-13-29-14-12-25)15-22-19(27)24-21(28(18)20)7-3-4-8-21/h1-2,5-6H,3-4,7-16H2,(H,22,24). The highest BCUT2D eigenvalue weighted by atomic mass is 16.5. The molecule has 1 aliphatic carbocycles. The SMILES string of the molecule is c1ccc2c(c1)nc1n2C2(CCCC2)NC2=NCN(CCN3CCOCC3)CN21. The van der Waals surface area contributed by atoms with Crippen LogP contribution in [0.1, 0.15) is 25.7 Å². The highest BCUT2D eigenvalue weighted by Crippen LogP contribution is 2.42. The average molecular weight is 396 g/mol. The lowest BCUT2D eigenvalue weighted by atomic mass is 10.1. The van der Waals surface area contributed by atoms with E-state index < -0.39 is 0 Å². The molecule has 0 atom stereocenters. The molecule has 0 unspecified atom stereocenters. The number of guanidine groups is 1. The second kappa shape index (κ2) is 6.97. The molecule has 1 saturated carbocycles. The molecule has 0 amide bonds. The molecule has 1 aromatic carbocycles. The second-order valence-corrected chi connectivity index (χ2v) is 8.64. The number of aliphatic imine (C=N–C) groups is 1. The number of nitrogens with one attached hydrogen (secondary N) is 1. The van der Waals surface area contributed by atoms with Gasteiger partial charge in [0.25, 0.3) is 0 Å². The molecule has 2 aromatic rings. The number of anilines is 1. The number of fused-ring (bicyclic) bond motifs is 6. The minimum absolute atomic E-state index is 0.0727. The minimum atomic E-state index is -0.0727. The smallest absolute Gasteiger partial charge is 0.216 e. The Labute approximate surface area is 171 Å². The highest BCUT2D eigenvalue weighted by molar-refractivity contribution is 5.99. The van der Waals surface area contributed by atoms with Gasteiger partial charge in [0.15, 0.2) is 0 Å². The summed E-state index contributed by atoms with van der Waals surface area (Å²) >= 11 is 0. The molecular formula is C21H29N7O. The Kier molecular flexibility index (Phi) is 4.25. The maximum absolute atomic E-state index is 5.47. The number of hydrogen-bond donors (Lipinski definition) is 1. The van der Waals surface area contributed by atoms with Crippen LogP contribution in [0.4, 0.5) is 5.95 Å². The Morgan fingerprint density at radius 2 is 1.83 bits per heavy atom. The summed E-state index contributed by atoms with van der Waals surface area (Å²) in [7, 11) is 0. The van der Waals surface area contributed by atoms with E-state index in [2.05, 4.69) is 48.8 Å². The van der Waals surface area contributed by atoms with E-state index >= 15 is 0 Å². The Balaban J connectivity index is 1.30. The van der Waals surface area contributed by atoms with Crippen LogP contribution < -0.4 is 10.2 Å². The van der Waals surface area contributed by atoms with Crippen molar-refractivity contribution >= 4 is 22.9 Å². The first-order chi connectivity index (χ1) is 14.3. The molecule has 0 bridgehead atoms. The maximum Gasteiger partial charge on any atom is 0.216 e. The van der Waals surface area contributed by atoms with Crippen LogP contribution in [0.25, 0.3) is 11.0 Å². The van der Waals surface area contributed by atoms with Crippen LogP contribution in [0, 0.1) is 0 Å². The van der Waals surface area contributed by atoms with Crippen LogP contribution in [-0.4, -0.2) is 78.0 Å². The quantitative estimate of drug-likeness (QED) is 0.852. The number of nitrogens with zero attached hydrogens (tertiary/aromatic N) is 6. The van der Waals surface area contributed by atoms with Crippen molar-refractivity contribution in [2.24, 2.45) is 4.99 Å². The predicted molar refractivity (Wildman–Crippen MR) is 113 cm³/mol. The van der Waals surface area contributed by atoms with Crippen molar-refractivity contribution in [3.05, 3.63) is 24.3 Å². The summed E-state index contributed by atoms with van der Waals surface area (Å²) in [6, 6.07) is 8.53. The van der Waals surface area contributed by atoms with E-state index in [1.807, 2.05) is 0 Å². The largest absolute Gasteiger partial charge is 0.379 e. The van der Waals surface area contributed by atoms with Crippen LogP contribution >= 0.6 is 0 Å². The Morgan fingerprint density at radius 1 is 1.03 bits per heavy atom. The third-order valence-electron chi connectivity index (χ3n) is 6.84. The molecule has 154 valence electrons. The van der Waals surface area contributed by atoms with E-state index in [1.54, 1.807) is 0 Å². The topological polar surface area (TPSA) is 61.2 Å². The van der Waals surface area contributed by atoms with Gasteiger partial charge >= 0.3 is 0 Å². The first-order valence-electron chi connectivity index (χ1n) is 10.9. The van der Waals surface area contributed by atoms with Gasteiger partial charge in [0.1, 0.15) is 5.66 Å². The molecule has 4 aliphatic rings. The Bertz CT molecular complexity index is 926. The normalized spacial score (nSPS) is 24.4. The number of ether oxygens (including phenoxy) is 1. The minimum Gasteiger partial charge on any atom is -0.379 e. The van der Waals surface area contributed by atoms with Gasteiger partial charge in [0, 0.05) is 26.2 Å². The first kappa shape index (κ1) is 17.7. The molecule has 8 nitrogen and oxygen atoms in total. The van der Waals surface area contributed by atoms with Gasteiger partial charge in [-0.3, -0.25) is 19.3 Å². The van der Waals surface area contributed by atoms with Crippen LogP contribution in [0.3, 0.4) is 0 Å². The van der Waals surface area contributed by atoms with Crippen molar-refractivity contribution in [1.29, 1.82) is 0 Å². The summed E-state index contributed by atoms with van der Waals surface area (Å²) in [6.45, 7) is 7.43. The van der Waals surface area contributed by atoms with Gasteiger partial charge < -0.3 is 10.1 Å². The molecule has 0 radical (unpaired) electrons. The summed E-state index contributed by atoms with van der Waals surface area (Å²) in [5.41, 5.74) is 2.22. The van der Waals surface area contributed by atoms with E-state index in [-0.39, 0.29) is 5.66 Å². The monoisotopic (exact) mass is 395 g/mol. The summed E-state index contributed by atoms with van der Waals surface area (Å²) in [5, 5.41) is 3.84. The van der Waals surface area contributed by atoms with E-state index in [0.717, 1.165) is 83.0 Å². The van der Waals surface area contributed by atoms with Crippen molar-refractivity contribution in [2.45, 2.75) is 31.3 Å². The summed E-state index contributed by atoms with van der Waals surface area (Å²) in [6.07, 6.45) is 4.76. The fourth-order valence-electron chi connectivity index (χ4n) is 5.27. The Hall–Kier alpha value is -2.16. The number of hydrogen-bond acceptors (Lipinski definition) is 7. The molecule has 8 heteroatoms. The zero-order valence-electron chi connectivity index (χ0n) is 16.9. The van der Waals surface area contributed by atoms with Crippen molar-refractivity contribution in [2.75, 3.05) is 57.6 Å². The first-order valence-corrected chi connectivity index (χ1v) is 10.9. The molecule has 2 fully saturated rings. The number of imidazole rings is 1. The fourth-order valence-corrected chi connectivity index (χ4v) is 5.27. The lowest BCUT2D eigenvalue weighted by molar-refractivity contribution is 0.0333. The number of benzene rings is 1. The molecule has 1 saturated heterocycles. The van der Waals surface area contributed by atoms with E-state index in [9.17, 15) is 0 Å².